The lowest BCUT2D eigenvalue weighted by molar-refractivity contribution is 0.0988. The van der Waals surface area contributed by atoms with Gasteiger partial charge in [-0.1, -0.05) is 49.4 Å². The highest BCUT2D eigenvalue weighted by Gasteiger charge is 2.06. The zero-order valence-electron chi connectivity index (χ0n) is 11.3. The van der Waals surface area contributed by atoms with Gasteiger partial charge < -0.3 is 0 Å². The Morgan fingerprint density at radius 3 is 2.60 bits per heavy atom. The highest BCUT2D eigenvalue weighted by atomic mass is 16.1. The second-order valence-electron chi connectivity index (χ2n) is 4.76. The van der Waals surface area contributed by atoms with Crippen molar-refractivity contribution in [2.45, 2.75) is 13.3 Å². The van der Waals surface area contributed by atoms with Crippen LogP contribution in [0.25, 0.3) is 21.9 Å². The maximum atomic E-state index is 11.7. The second kappa shape index (κ2) is 5.25. The molecule has 3 aromatic rings. The van der Waals surface area contributed by atoms with Gasteiger partial charge in [0, 0.05) is 29.8 Å². The smallest absolute Gasteiger partial charge is 0.162 e. The number of aromatic nitrogens is 1. The van der Waals surface area contributed by atoms with Crippen LogP contribution in [0.4, 0.5) is 0 Å². The molecule has 20 heavy (non-hydrogen) atoms. The summed E-state index contributed by atoms with van der Waals surface area (Å²) in [5.74, 6) is 0.179. The number of nitrogens with zero attached hydrogens (tertiary/aromatic N) is 1. The van der Waals surface area contributed by atoms with Crippen LogP contribution in [-0.2, 0) is 0 Å². The van der Waals surface area contributed by atoms with Crippen LogP contribution in [0.3, 0.4) is 0 Å². The number of carbonyl (C=O) groups is 1. The molecule has 1 heterocycles. The van der Waals surface area contributed by atoms with Crippen molar-refractivity contribution in [1.82, 2.24) is 4.98 Å². The molecule has 0 aliphatic heterocycles. The summed E-state index contributed by atoms with van der Waals surface area (Å²) in [6.07, 6.45) is 4.22. The van der Waals surface area contributed by atoms with Crippen molar-refractivity contribution in [1.29, 1.82) is 0 Å². The van der Waals surface area contributed by atoms with Gasteiger partial charge >= 0.3 is 0 Å². The molecule has 1 aromatic heterocycles. The third-order valence-corrected chi connectivity index (χ3v) is 3.52. The van der Waals surface area contributed by atoms with Crippen LogP contribution in [0.2, 0.25) is 0 Å². The Kier molecular flexibility index (Phi) is 3.30. The normalized spacial score (nSPS) is 10.7. The largest absolute Gasteiger partial charge is 0.294 e. The maximum absolute atomic E-state index is 11.7. The number of hydrogen-bond acceptors (Lipinski definition) is 2. The molecule has 2 heteroatoms. The molecule has 0 aliphatic rings. The fraction of sp³-hybridized carbons (Fsp3) is 0.111. The zero-order chi connectivity index (χ0) is 13.9. The molecule has 3 rings (SSSR count). The highest BCUT2D eigenvalue weighted by molar-refractivity contribution is 5.98. The van der Waals surface area contributed by atoms with Crippen LogP contribution in [0, 0.1) is 0 Å². The summed E-state index contributed by atoms with van der Waals surface area (Å²) in [7, 11) is 0. The molecule has 98 valence electrons. The number of hydrogen-bond donors (Lipinski definition) is 0. The third kappa shape index (κ3) is 2.21. The van der Waals surface area contributed by atoms with Gasteiger partial charge in [0.25, 0.3) is 0 Å². The standard InChI is InChI=1S/C18H15NO/c1-2-18(20)14-8-6-13(7-9-14)16-5-3-4-15-12-19-11-10-17(15)16/h3-12H,2H2,1H3. The molecule has 0 radical (unpaired) electrons. The molecule has 2 nitrogen and oxygen atoms in total. The molecule has 0 bridgehead atoms. The van der Waals surface area contributed by atoms with Crippen LogP contribution in [0.5, 0.6) is 0 Å². The van der Waals surface area contributed by atoms with Gasteiger partial charge in [0.2, 0.25) is 0 Å². The monoisotopic (exact) mass is 261 g/mol. The molecule has 0 spiro atoms. The van der Waals surface area contributed by atoms with Crippen molar-refractivity contribution < 1.29 is 4.79 Å². The van der Waals surface area contributed by atoms with Crippen molar-refractivity contribution in [3.05, 3.63) is 66.5 Å². The first-order chi connectivity index (χ1) is 9.79. The lowest BCUT2D eigenvalue weighted by Gasteiger charge is -2.07. The van der Waals surface area contributed by atoms with E-state index in [-0.39, 0.29) is 5.78 Å². The Bertz CT molecular complexity index is 754. The summed E-state index contributed by atoms with van der Waals surface area (Å²) in [5.41, 5.74) is 3.06. The molecule has 0 amide bonds. The lowest BCUT2D eigenvalue weighted by atomic mass is 9.97. The van der Waals surface area contributed by atoms with Gasteiger partial charge in [-0.05, 0) is 22.6 Å². The molecule has 0 N–H and O–H groups in total. The van der Waals surface area contributed by atoms with Crippen LogP contribution >= 0.6 is 0 Å². The van der Waals surface area contributed by atoms with E-state index in [9.17, 15) is 4.79 Å². The van der Waals surface area contributed by atoms with Crippen molar-refractivity contribution in [2.75, 3.05) is 0 Å². The SMILES string of the molecule is CCC(=O)c1ccc(-c2cccc3cnccc23)cc1. The van der Waals surface area contributed by atoms with Crippen molar-refractivity contribution in [3.8, 4) is 11.1 Å². The van der Waals surface area contributed by atoms with E-state index in [1.54, 1.807) is 6.20 Å². The average Bonchev–Trinajstić information content (AvgIpc) is 2.54. The number of benzene rings is 2. The predicted octanol–water partition coefficient (Wildman–Crippen LogP) is 4.49. The Morgan fingerprint density at radius 2 is 1.85 bits per heavy atom. The Balaban J connectivity index is 2.09. The van der Waals surface area contributed by atoms with Gasteiger partial charge in [-0.3, -0.25) is 9.78 Å². The number of fused-ring (bicyclic) bond motifs is 1. The van der Waals surface area contributed by atoms with Gasteiger partial charge in [0.1, 0.15) is 0 Å². The minimum Gasteiger partial charge on any atom is -0.294 e. The summed E-state index contributed by atoms with van der Waals surface area (Å²) in [6.45, 7) is 1.88. The van der Waals surface area contributed by atoms with E-state index in [1.165, 1.54) is 10.9 Å². The van der Waals surface area contributed by atoms with E-state index in [0.717, 1.165) is 16.5 Å². The second-order valence-corrected chi connectivity index (χ2v) is 4.76. The molecular formula is C18H15NO. The van der Waals surface area contributed by atoms with E-state index in [1.807, 2.05) is 49.5 Å². The van der Waals surface area contributed by atoms with Crippen LogP contribution in [-0.4, -0.2) is 10.8 Å². The van der Waals surface area contributed by atoms with Crippen LogP contribution in [0.1, 0.15) is 23.7 Å². The first-order valence-electron chi connectivity index (χ1n) is 6.76. The van der Waals surface area contributed by atoms with Crippen LogP contribution < -0.4 is 0 Å². The first kappa shape index (κ1) is 12.5. The number of carbonyl (C=O) groups excluding carboxylic acids is 1. The number of rotatable bonds is 3. The quantitative estimate of drug-likeness (QED) is 0.650. The molecule has 0 atom stereocenters. The summed E-state index contributed by atoms with van der Waals surface area (Å²) in [4.78, 5) is 15.8. The Labute approximate surface area is 118 Å². The van der Waals surface area contributed by atoms with E-state index in [2.05, 4.69) is 17.1 Å². The number of Topliss-reactive ketones (excluding diaryl/α,β-unsaturated/α-hetero) is 1. The fourth-order valence-corrected chi connectivity index (χ4v) is 2.41. The molecule has 0 saturated heterocycles. The Morgan fingerprint density at radius 1 is 1.05 bits per heavy atom. The Hall–Kier alpha value is -2.48. The van der Waals surface area contributed by atoms with Gasteiger partial charge in [-0.15, -0.1) is 0 Å². The molecular weight excluding hydrogens is 246 g/mol. The summed E-state index contributed by atoms with van der Waals surface area (Å²) in [5, 5.41) is 2.30. The van der Waals surface area contributed by atoms with Crippen molar-refractivity contribution in [2.24, 2.45) is 0 Å². The minimum atomic E-state index is 0.179. The first-order valence-corrected chi connectivity index (χ1v) is 6.76. The van der Waals surface area contributed by atoms with E-state index < -0.39 is 0 Å². The lowest BCUT2D eigenvalue weighted by Crippen LogP contribution is -1.95. The van der Waals surface area contributed by atoms with Crippen molar-refractivity contribution >= 4 is 16.6 Å². The van der Waals surface area contributed by atoms with Gasteiger partial charge in [-0.2, -0.15) is 0 Å². The molecule has 0 saturated carbocycles. The van der Waals surface area contributed by atoms with Crippen LogP contribution in [0.15, 0.2) is 60.9 Å². The fourth-order valence-electron chi connectivity index (χ4n) is 2.41. The van der Waals surface area contributed by atoms with Gasteiger partial charge in [0.15, 0.2) is 5.78 Å². The predicted molar refractivity (Wildman–Crippen MR) is 81.8 cm³/mol. The average molecular weight is 261 g/mol. The van der Waals surface area contributed by atoms with E-state index in [0.29, 0.717) is 6.42 Å². The van der Waals surface area contributed by atoms with Gasteiger partial charge in [0.05, 0.1) is 0 Å². The van der Waals surface area contributed by atoms with E-state index >= 15 is 0 Å². The number of pyridine rings is 1. The van der Waals surface area contributed by atoms with E-state index in [4.69, 9.17) is 0 Å². The topological polar surface area (TPSA) is 30.0 Å². The van der Waals surface area contributed by atoms with Gasteiger partial charge in [-0.25, -0.2) is 0 Å². The molecule has 0 fully saturated rings. The number of ketones is 1. The summed E-state index contributed by atoms with van der Waals surface area (Å²) in [6, 6.07) is 16.0. The molecule has 2 aromatic carbocycles. The zero-order valence-corrected chi connectivity index (χ0v) is 11.3. The molecule has 0 unspecified atom stereocenters. The third-order valence-electron chi connectivity index (χ3n) is 3.52. The highest BCUT2D eigenvalue weighted by Crippen LogP contribution is 2.28. The summed E-state index contributed by atoms with van der Waals surface area (Å²) < 4.78 is 0. The summed E-state index contributed by atoms with van der Waals surface area (Å²) >= 11 is 0. The minimum absolute atomic E-state index is 0.179. The van der Waals surface area contributed by atoms with Crippen molar-refractivity contribution in [3.63, 3.8) is 0 Å². The maximum Gasteiger partial charge on any atom is 0.162 e. The molecule has 0 aliphatic carbocycles.